The normalized spacial score (nSPS) is 30.0. The minimum Gasteiger partial charge on any atom is -0.397 e. The van der Waals surface area contributed by atoms with Gasteiger partial charge in [0.25, 0.3) is 0 Å². The van der Waals surface area contributed by atoms with Crippen LogP contribution in [-0.2, 0) is 0 Å². The molecule has 0 bridgehead atoms. The molecular weight excluding hydrogens is 198 g/mol. The predicted molar refractivity (Wildman–Crippen MR) is 68.2 cm³/mol. The summed E-state index contributed by atoms with van der Waals surface area (Å²) in [5.41, 5.74) is 6.33. The van der Waals surface area contributed by atoms with Crippen molar-refractivity contribution < 1.29 is 0 Å². The van der Waals surface area contributed by atoms with Crippen LogP contribution < -0.4 is 11.1 Å². The van der Waals surface area contributed by atoms with E-state index >= 15 is 0 Å². The number of aromatic nitrogens is 1. The third kappa shape index (κ3) is 2.87. The average molecular weight is 219 g/mol. The molecule has 2 rings (SSSR count). The van der Waals surface area contributed by atoms with Crippen LogP contribution in [0.1, 0.15) is 33.1 Å². The van der Waals surface area contributed by atoms with Crippen LogP contribution in [0.4, 0.5) is 11.5 Å². The summed E-state index contributed by atoms with van der Waals surface area (Å²) in [7, 11) is 0. The van der Waals surface area contributed by atoms with Crippen molar-refractivity contribution in [2.75, 3.05) is 11.1 Å². The highest BCUT2D eigenvalue weighted by molar-refractivity contribution is 5.44. The lowest BCUT2D eigenvalue weighted by Gasteiger charge is -2.32. The zero-order valence-electron chi connectivity index (χ0n) is 10.1. The molecule has 2 unspecified atom stereocenters. The van der Waals surface area contributed by atoms with Gasteiger partial charge in [0, 0.05) is 6.04 Å². The number of nitrogen functional groups attached to an aromatic ring is 1. The van der Waals surface area contributed by atoms with Crippen molar-refractivity contribution in [3.63, 3.8) is 0 Å². The Morgan fingerprint density at radius 3 is 2.44 bits per heavy atom. The summed E-state index contributed by atoms with van der Waals surface area (Å²) in [5.74, 6) is 2.57. The lowest BCUT2D eigenvalue weighted by Crippen LogP contribution is -2.30. The fraction of sp³-hybridized carbons (Fsp3) is 0.615. The molecule has 1 heterocycles. The van der Waals surface area contributed by atoms with E-state index in [1.165, 1.54) is 19.3 Å². The Bertz CT molecular complexity index is 324. The fourth-order valence-electron chi connectivity index (χ4n) is 2.76. The van der Waals surface area contributed by atoms with Gasteiger partial charge in [0.1, 0.15) is 5.82 Å². The van der Waals surface area contributed by atoms with Gasteiger partial charge >= 0.3 is 0 Å². The molecule has 0 saturated heterocycles. The number of nitrogens with two attached hydrogens (primary N) is 1. The second kappa shape index (κ2) is 4.73. The van der Waals surface area contributed by atoms with Gasteiger partial charge < -0.3 is 11.1 Å². The summed E-state index contributed by atoms with van der Waals surface area (Å²) < 4.78 is 0. The van der Waals surface area contributed by atoms with E-state index in [4.69, 9.17) is 5.73 Å². The molecule has 3 heteroatoms. The number of anilines is 2. The molecule has 1 aliphatic carbocycles. The molecule has 0 aromatic carbocycles. The first-order chi connectivity index (χ1) is 7.63. The van der Waals surface area contributed by atoms with Crippen molar-refractivity contribution in [3.8, 4) is 0 Å². The van der Waals surface area contributed by atoms with E-state index in [-0.39, 0.29) is 0 Å². The molecule has 88 valence electrons. The van der Waals surface area contributed by atoms with Crippen LogP contribution in [0.25, 0.3) is 0 Å². The van der Waals surface area contributed by atoms with Gasteiger partial charge in [-0.25, -0.2) is 4.98 Å². The minimum absolute atomic E-state index is 0.565. The van der Waals surface area contributed by atoms with Gasteiger partial charge in [0.05, 0.1) is 11.9 Å². The molecule has 1 aromatic rings. The lowest BCUT2D eigenvalue weighted by molar-refractivity contribution is 0.280. The zero-order chi connectivity index (χ0) is 11.5. The van der Waals surface area contributed by atoms with E-state index in [0.29, 0.717) is 6.04 Å². The van der Waals surface area contributed by atoms with Crippen LogP contribution in [0, 0.1) is 11.8 Å². The van der Waals surface area contributed by atoms with E-state index in [2.05, 4.69) is 24.1 Å². The third-order valence-corrected chi connectivity index (χ3v) is 3.32. The Balaban J connectivity index is 1.96. The maximum Gasteiger partial charge on any atom is 0.126 e. The molecule has 16 heavy (non-hydrogen) atoms. The van der Waals surface area contributed by atoms with Crippen LogP contribution in [0.5, 0.6) is 0 Å². The molecule has 0 aliphatic heterocycles. The van der Waals surface area contributed by atoms with Crippen LogP contribution in [-0.4, -0.2) is 11.0 Å². The minimum atomic E-state index is 0.565. The first-order valence-corrected chi connectivity index (χ1v) is 6.11. The Morgan fingerprint density at radius 2 is 1.88 bits per heavy atom. The SMILES string of the molecule is CC1CC(C)CC(Nc2ccc(N)cn2)C1. The number of nitrogens with one attached hydrogen (secondary N) is 1. The average Bonchev–Trinajstić information content (AvgIpc) is 2.20. The monoisotopic (exact) mass is 219 g/mol. The second-order valence-corrected chi connectivity index (χ2v) is 5.24. The zero-order valence-corrected chi connectivity index (χ0v) is 10.1. The highest BCUT2D eigenvalue weighted by atomic mass is 15.0. The topological polar surface area (TPSA) is 50.9 Å². The first kappa shape index (κ1) is 11.2. The van der Waals surface area contributed by atoms with Crippen molar-refractivity contribution in [2.24, 2.45) is 11.8 Å². The highest BCUT2D eigenvalue weighted by Gasteiger charge is 2.23. The quantitative estimate of drug-likeness (QED) is 0.804. The van der Waals surface area contributed by atoms with Crippen LogP contribution in [0.2, 0.25) is 0 Å². The van der Waals surface area contributed by atoms with Gasteiger partial charge in [-0.2, -0.15) is 0 Å². The molecule has 1 aromatic heterocycles. The predicted octanol–water partition coefficient (Wildman–Crippen LogP) is 2.90. The van der Waals surface area contributed by atoms with Crippen LogP contribution in [0.15, 0.2) is 18.3 Å². The lowest BCUT2D eigenvalue weighted by atomic mass is 9.80. The van der Waals surface area contributed by atoms with Crippen molar-refractivity contribution in [1.82, 2.24) is 4.98 Å². The molecular formula is C13H21N3. The van der Waals surface area contributed by atoms with Gasteiger partial charge in [0.15, 0.2) is 0 Å². The molecule has 1 fully saturated rings. The maximum absolute atomic E-state index is 5.61. The molecule has 1 aliphatic rings. The van der Waals surface area contributed by atoms with E-state index in [9.17, 15) is 0 Å². The number of rotatable bonds is 2. The molecule has 0 spiro atoms. The van der Waals surface area contributed by atoms with E-state index < -0.39 is 0 Å². The van der Waals surface area contributed by atoms with Gasteiger partial charge in [-0.05, 0) is 43.2 Å². The van der Waals surface area contributed by atoms with Crippen molar-refractivity contribution in [3.05, 3.63) is 18.3 Å². The van der Waals surface area contributed by atoms with Crippen molar-refractivity contribution in [1.29, 1.82) is 0 Å². The Morgan fingerprint density at radius 1 is 1.19 bits per heavy atom. The van der Waals surface area contributed by atoms with E-state index in [0.717, 1.165) is 23.3 Å². The number of nitrogens with zero attached hydrogens (tertiary/aromatic N) is 1. The van der Waals surface area contributed by atoms with Gasteiger partial charge in [-0.15, -0.1) is 0 Å². The number of pyridine rings is 1. The molecule has 3 N–H and O–H groups in total. The summed E-state index contributed by atoms with van der Waals surface area (Å²) in [5, 5.41) is 3.50. The fourth-order valence-corrected chi connectivity index (χ4v) is 2.76. The Kier molecular flexibility index (Phi) is 3.32. The summed E-state index contributed by atoms with van der Waals surface area (Å²) in [4.78, 5) is 4.29. The van der Waals surface area contributed by atoms with Gasteiger partial charge in [-0.1, -0.05) is 13.8 Å². The summed E-state index contributed by atoms with van der Waals surface area (Å²) in [6.07, 6.45) is 5.55. The first-order valence-electron chi connectivity index (χ1n) is 6.11. The smallest absolute Gasteiger partial charge is 0.126 e. The van der Waals surface area contributed by atoms with Gasteiger partial charge in [-0.3, -0.25) is 0 Å². The summed E-state index contributed by atoms with van der Waals surface area (Å²) in [6.45, 7) is 4.67. The Labute approximate surface area is 97.5 Å². The summed E-state index contributed by atoms with van der Waals surface area (Å²) in [6, 6.07) is 4.42. The molecule has 2 atom stereocenters. The molecule has 1 saturated carbocycles. The van der Waals surface area contributed by atoms with E-state index in [1.54, 1.807) is 6.20 Å². The standard InChI is InChI=1S/C13H21N3/c1-9-5-10(2)7-12(6-9)16-13-4-3-11(14)8-15-13/h3-4,8-10,12H,5-7,14H2,1-2H3,(H,15,16). The van der Waals surface area contributed by atoms with Crippen LogP contribution in [0.3, 0.4) is 0 Å². The van der Waals surface area contributed by atoms with Crippen LogP contribution >= 0.6 is 0 Å². The molecule has 0 amide bonds. The second-order valence-electron chi connectivity index (χ2n) is 5.24. The van der Waals surface area contributed by atoms with Gasteiger partial charge in [0.2, 0.25) is 0 Å². The van der Waals surface area contributed by atoms with Crippen molar-refractivity contribution >= 4 is 11.5 Å². The maximum atomic E-state index is 5.61. The number of hydrogen-bond donors (Lipinski definition) is 2. The number of hydrogen-bond acceptors (Lipinski definition) is 3. The summed E-state index contributed by atoms with van der Waals surface area (Å²) >= 11 is 0. The largest absolute Gasteiger partial charge is 0.397 e. The molecule has 0 radical (unpaired) electrons. The third-order valence-electron chi connectivity index (χ3n) is 3.32. The van der Waals surface area contributed by atoms with Crippen molar-refractivity contribution in [2.45, 2.75) is 39.2 Å². The van der Waals surface area contributed by atoms with E-state index in [1.807, 2.05) is 12.1 Å². The Hall–Kier alpha value is -1.25. The highest BCUT2D eigenvalue weighted by Crippen LogP contribution is 2.30. The molecule has 3 nitrogen and oxygen atoms in total.